The molecule has 0 unspecified atom stereocenters. The highest BCUT2D eigenvalue weighted by Gasteiger charge is 2.32. The van der Waals surface area contributed by atoms with Crippen LogP contribution in [0.4, 0.5) is 5.95 Å². The maximum Gasteiger partial charge on any atom is 0.221 e. The Kier molecular flexibility index (Phi) is 2.35. The number of aromatic nitrogens is 3. The molecule has 2 heterocycles. The van der Waals surface area contributed by atoms with Crippen molar-refractivity contribution in [2.24, 2.45) is 0 Å². The molecule has 1 aliphatic carbocycles. The summed E-state index contributed by atoms with van der Waals surface area (Å²) in [6.07, 6.45) is 3.34. The van der Waals surface area contributed by atoms with Crippen molar-refractivity contribution in [3.63, 3.8) is 0 Å². The molecule has 0 amide bonds. The predicted molar refractivity (Wildman–Crippen MR) is 78.5 cm³/mol. The van der Waals surface area contributed by atoms with Crippen LogP contribution in [0.15, 0.2) is 48.8 Å². The monoisotopic (exact) mass is 274 g/mol. The average Bonchev–Trinajstić information content (AvgIpc) is 2.81. The first-order chi connectivity index (χ1) is 10.3. The minimum atomic E-state index is -0.0700. The fourth-order valence-electron chi connectivity index (χ4n) is 2.62. The van der Waals surface area contributed by atoms with Gasteiger partial charge in [-0.15, -0.1) is 0 Å². The average molecular weight is 274 g/mol. The minimum Gasteiger partial charge on any atom is -0.368 e. The Morgan fingerprint density at radius 1 is 0.905 bits per heavy atom. The third kappa shape index (κ3) is 1.64. The standard InChI is InChI=1S/C16H10N4O/c17-16-19-13(9-4-3-7-18-8-9)12-14(20-16)10-5-1-2-6-11(10)15(12)21/h1-8H,(H2,17,19,20). The molecule has 0 saturated heterocycles. The van der Waals surface area contributed by atoms with Crippen LogP contribution in [0.2, 0.25) is 0 Å². The maximum atomic E-state index is 12.7. The lowest BCUT2D eigenvalue weighted by atomic mass is 10.1. The van der Waals surface area contributed by atoms with Gasteiger partial charge in [0.15, 0.2) is 5.78 Å². The number of benzene rings is 1. The number of pyridine rings is 1. The van der Waals surface area contributed by atoms with Crippen LogP contribution in [0.25, 0.3) is 22.5 Å². The van der Waals surface area contributed by atoms with Gasteiger partial charge in [0, 0.05) is 29.1 Å². The van der Waals surface area contributed by atoms with Crippen molar-refractivity contribution in [2.45, 2.75) is 0 Å². The zero-order valence-electron chi connectivity index (χ0n) is 10.9. The van der Waals surface area contributed by atoms with E-state index in [0.717, 1.165) is 11.1 Å². The summed E-state index contributed by atoms with van der Waals surface area (Å²) in [5.41, 5.74) is 9.64. The van der Waals surface area contributed by atoms with E-state index in [1.807, 2.05) is 24.3 Å². The van der Waals surface area contributed by atoms with Gasteiger partial charge in [-0.3, -0.25) is 9.78 Å². The zero-order valence-corrected chi connectivity index (χ0v) is 10.9. The number of nitrogens with two attached hydrogens (primary N) is 1. The van der Waals surface area contributed by atoms with E-state index in [1.54, 1.807) is 24.5 Å². The molecule has 100 valence electrons. The number of rotatable bonds is 1. The molecule has 0 spiro atoms. The van der Waals surface area contributed by atoms with Gasteiger partial charge in [-0.2, -0.15) is 0 Å². The third-order valence-corrected chi connectivity index (χ3v) is 3.52. The van der Waals surface area contributed by atoms with Gasteiger partial charge in [-0.05, 0) is 12.1 Å². The first-order valence-electron chi connectivity index (χ1n) is 6.47. The van der Waals surface area contributed by atoms with E-state index in [0.29, 0.717) is 22.5 Å². The van der Waals surface area contributed by atoms with Crippen molar-refractivity contribution in [2.75, 3.05) is 5.73 Å². The topological polar surface area (TPSA) is 81.8 Å². The summed E-state index contributed by atoms with van der Waals surface area (Å²) in [6, 6.07) is 11.0. The highest BCUT2D eigenvalue weighted by atomic mass is 16.1. The van der Waals surface area contributed by atoms with Crippen molar-refractivity contribution in [3.8, 4) is 22.5 Å². The fourth-order valence-corrected chi connectivity index (χ4v) is 2.62. The smallest absolute Gasteiger partial charge is 0.221 e. The summed E-state index contributed by atoms with van der Waals surface area (Å²) >= 11 is 0. The molecule has 4 rings (SSSR count). The minimum absolute atomic E-state index is 0.0700. The lowest BCUT2D eigenvalue weighted by Crippen LogP contribution is -2.05. The number of nitrogens with zero attached hydrogens (tertiary/aromatic N) is 3. The number of nitrogen functional groups attached to an aromatic ring is 1. The number of ketones is 1. The molecule has 0 aliphatic heterocycles. The van der Waals surface area contributed by atoms with Crippen molar-refractivity contribution in [1.82, 2.24) is 15.0 Å². The Morgan fingerprint density at radius 2 is 1.67 bits per heavy atom. The lowest BCUT2D eigenvalue weighted by molar-refractivity contribution is 0.104. The Hall–Kier alpha value is -3.08. The lowest BCUT2D eigenvalue weighted by Gasteiger charge is -2.07. The molecule has 3 aromatic rings. The van der Waals surface area contributed by atoms with Crippen LogP contribution >= 0.6 is 0 Å². The van der Waals surface area contributed by atoms with Crippen molar-refractivity contribution in [3.05, 3.63) is 59.9 Å². The Balaban J connectivity index is 2.06. The van der Waals surface area contributed by atoms with Crippen LogP contribution in [0.3, 0.4) is 0 Å². The molecule has 0 fully saturated rings. The molecule has 5 heteroatoms. The second kappa shape index (κ2) is 4.21. The van der Waals surface area contributed by atoms with E-state index in [4.69, 9.17) is 5.73 Å². The van der Waals surface area contributed by atoms with Gasteiger partial charge < -0.3 is 5.73 Å². The second-order valence-electron chi connectivity index (χ2n) is 4.77. The first-order valence-corrected chi connectivity index (χ1v) is 6.47. The summed E-state index contributed by atoms with van der Waals surface area (Å²) < 4.78 is 0. The van der Waals surface area contributed by atoms with Crippen molar-refractivity contribution < 1.29 is 4.79 Å². The molecule has 5 nitrogen and oxygen atoms in total. The molecule has 21 heavy (non-hydrogen) atoms. The number of hydrogen-bond donors (Lipinski definition) is 1. The largest absolute Gasteiger partial charge is 0.368 e. The predicted octanol–water partition coefficient (Wildman–Crippen LogP) is 2.33. The summed E-state index contributed by atoms with van der Waals surface area (Å²) in [7, 11) is 0. The van der Waals surface area contributed by atoms with E-state index < -0.39 is 0 Å². The van der Waals surface area contributed by atoms with E-state index >= 15 is 0 Å². The van der Waals surface area contributed by atoms with Gasteiger partial charge >= 0.3 is 0 Å². The van der Waals surface area contributed by atoms with Gasteiger partial charge in [-0.25, -0.2) is 9.97 Å². The second-order valence-corrected chi connectivity index (χ2v) is 4.77. The van der Waals surface area contributed by atoms with Gasteiger partial charge in [0.05, 0.1) is 17.0 Å². The molecule has 1 aromatic carbocycles. The number of carbonyl (C=O) groups is 1. The normalized spacial score (nSPS) is 12.1. The van der Waals surface area contributed by atoms with E-state index in [-0.39, 0.29) is 11.7 Å². The first kappa shape index (κ1) is 11.7. The van der Waals surface area contributed by atoms with Crippen LogP contribution in [0.1, 0.15) is 15.9 Å². The van der Waals surface area contributed by atoms with Crippen LogP contribution in [-0.4, -0.2) is 20.7 Å². The van der Waals surface area contributed by atoms with Gasteiger partial charge in [0.2, 0.25) is 5.95 Å². The SMILES string of the molecule is Nc1nc(-c2cccnc2)c2c(n1)-c1ccccc1C2=O. The number of anilines is 1. The van der Waals surface area contributed by atoms with E-state index in [9.17, 15) is 4.79 Å². The third-order valence-electron chi connectivity index (χ3n) is 3.52. The zero-order chi connectivity index (χ0) is 14.4. The molecule has 0 saturated carbocycles. The highest BCUT2D eigenvalue weighted by Crippen LogP contribution is 2.39. The van der Waals surface area contributed by atoms with Crippen molar-refractivity contribution in [1.29, 1.82) is 0 Å². The Labute approximate surface area is 120 Å². The molecule has 0 atom stereocenters. The van der Waals surface area contributed by atoms with Crippen LogP contribution in [0, 0.1) is 0 Å². The highest BCUT2D eigenvalue weighted by molar-refractivity contribution is 6.23. The number of carbonyl (C=O) groups excluding carboxylic acids is 1. The Morgan fingerprint density at radius 3 is 2.43 bits per heavy atom. The summed E-state index contributed by atoms with van der Waals surface area (Å²) in [4.78, 5) is 25.2. The van der Waals surface area contributed by atoms with E-state index in [2.05, 4.69) is 15.0 Å². The fraction of sp³-hybridized carbons (Fsp3) is 0. The van der Waals surface area contributed by atoms with Crippen molar-refractivity contribution >= 4 is 11.7 Å². The summed E-state index contributed by atoms with van der Waals surface area (Å²) in [6.45, 7) is 0. The molecular weight excluding hydrogens is 264 g/mol. The molecule has 2 N–H and O–H groups in total. The number of fused-ring (bicyclic) bond motifs is 3. The van der Waals surface area contributed by atoms with Crippen LogP contribution in [-0.2, 0) is 0 Å². The van der Waals surface area contributed by atoms with Crippen LogP contribution in [0.5, 0.6) is 0 Å². The summed E-state index contributed by atoms with van der Waals surface area (Å²) in [5.74, 6) is 0.0801. The summed E-state index contributed by atoms with van der Waals surface area (Å²) in [5, 5.41) is 0. The quantitative estimate of drug-likeness (QED) is 0.576. The van der Waals surface area contributed by atoms with Gasteiger partial charge in [0.1, 0.15) is 0 Å². The maximum absolute atomic E-state index is 12.7. The molecule has 2 aromatic heterocycles. The van der Waals surface area contributed by atoms with Crippen LogP contribution < -0.4 is 5.73 Å². The van der Waals surface area contributed by atoms with E-state index in [1.165, 1.54) is 0 Å². The molecule has 1 aliphatic rings. The molecule has 0 radical (unpaired) electrons. The Bertz CT molecular complexity index is 875. The molecule has 0 bridgehead atoms. The molecular formula is C16H10N4O. The number of hydrogen-bond acceptors (Lipinski definition) is 5. The van der Waals surface area contributed by atoms with Gasteiger partial charge in [0.25, 0.3) is 0 Å². The van der Waals surface area contributed by atoms with Gasteiger partial charge in [-0.1, -0.05) is 24.3 Å².